The first-order valence-corrected chi connectivity index (χ1v) is 13.7. The van der Waals surface area contributed by atoms with E-state index in [2.05, 4.69) is 30.3 Å². The number of carbonyl (C=O) groups is 1. The lowest BCUT2D eigenvalue weighted by Gasteiger charge is -2.31. The Morgan fingerprint density at radius 3 is 2.72 bits per heavy atom. The summed E-state index contributed by atoms with van der Waals surface area (Å²) in [5, 5.41) is 16.8. The van der Waals surface area contributed by atoms with E-state index in [1.54, 1.807) is 36.7 Å². The zero-order valence-corrected chi connectivity index (χ0v) is 23.6. The maximum atomic E-state index is 13.2. The Bertz CT molecular complexity index is 1600. The van der Waals surface area contributed by atoms with Crippen molar-refractivity contribution in [2.45, 2.75) is 38.1 Å². The Kier molecular flexibility index (Phi) is 8.81. The first kappa shape index (κ1) is 29.8. The predicted molar refractivity (Wildman–Crippen MR) is 156 cm³/mol. The molecule has 0 unspecified atom stereocenters. The van der Waals surface area contributed by atoms with Gasteiger partial charge in [-0.2, -0.15) is 13.2 Å². The van der Waals surface area contributed by atoms with Gasteiger partial charge in [-0.1, -0.05) is 24.3 Å². The number of benzene rings is 2. The molecule has 13 heteroatoms. The van der Waals surface area contributed by atoms with Gasteiger partial charge in [0.1, 0.15) is 5.75 Å². The number of nitrogens with zero attached hydrogens (tertiary/aromatic N) is 4. The van der Waals surface area contributed by atoms with E-state index < -0.39 is 24.9 Å². The summed E-state index contributed by atoms with van der Waals surface area (Å²) in [5.74, 6) is 1.14. The van der Waals surface area contributed by atoms with Crippen molar-refractivity contribution in [3.8, 4) is 22.9 Å². The highest BCUT2D eigenvalue weighted by Gasteiger charge is 2.39. The third-order valence-corrected chi connectivity index (χ3v) is 7.26. The number of aromatic nitrogens is 3. The topological polar surface area (TPSA) is 122 Å². The minimum Gasteiger partial charge on any atom is -0.465 e. The van der Waals surface area contributed by atoms with E-state index in [1.807, 2.05) is 31.2 Å². The zero-order valence-electron chi connectivity index (χ0n) is 23.6. The van der Waals surface area contributed by atoms with Gasteiger partial charge in [-0.25, -0.2) is 19.7 Å². The number of hydrogen-bond acceptors (Lipinski definition) is 8. The van der Waals surface area contributed by atoms with Crippen LogP contribution in [0.4, 0.5) is 29.6 Å². The van der Waals surface area contributed by atoms with Crippen LogP contribution in [-0.2, 0) is 4.74 Å². The second-order valence-corrected chi connectivity index (χ2v) is 10.2. The van der Waals surface area contributed by atoms with Crippen LogP contribution >= 0.6 is 0 Å². The number of anilines is 2. The fourth-order valence-corrected chi connectivity index (χ4v) is 5.06. The van der Waals surface area contributed by atoms with Crippen molar-refractivity contribution in [2.75, 3.05) is 37.4 Å². The van der Waals surface area contributed by atoms with Crippen molar-refractivity contribution < 1.29 is 32.5 Å². The zero-order chi connectivity index (χ0) is 30.6. The predicted octanol–water partition coefficient (Wildman–Crippen LogP) is 6.34. The molecule has 0 saturated carbocycles. The smallest absolute Gasteiger partial charge is 0.416 e. The first-order valence-electron chi connectivity index (χ1n) is 13.7. The van der Waals surface area contributed by atoms with Crippen LogP contribution in [0.1, 0.15) is 18.4 Å². The minimum atomic E-state index is -4.50. The summed E-state index contributed by atoms with van der Waals surface area (Å²) in [5.41, 5.74) is 2.45. The van der Waals surface area contributed by atoms with Crippen LogP contribution in [0.3, 0.4) is 0 Å². The molecular weight excluding hydrogens is 565 g/mol. The van der Waals surface area contributed by atoms with Crippen molar-refractivity contribution in [3.63, 3.8) is 0 Å². The highest BCUT2D eigenvalue weighted by molar-refractivity contribution is 5.98. The fraction of sp³-hybridized carbons (Fsp3) is 0.333. The second kappa shape index (κ2) is 12.7. The van der Waals surface area contributed by atoms with E-state index in [9.17, 15) is 23.1 Å². The summed E-state index contributed by atoms with van der Waals surface area (Å²) < 4.78 is 50.7. The Morgan fingerprint density at radius 1 is 1.12 bits per heavy atom. The molecule has 1 aliphatic heterocycles. The number of halogens is 3. The molecule has 2 atom stereocenters. The molecule has 3 N–H and O–H groups in total. The molecule has 2 aromatic carbocycles. The van der Waals surface area contributed by atoms with Crippen molar-refractivity contribution in [2.24, 2.45) is 0 Å². The number of amides is 1. The number of alkyl halides is 3. The number of aryl methyl sites for hydroxylation is 1. The highest BCUT2D eigenvalue weighted by Crippen LogP contribution is 2.39. The lowest BCUT2D eigenvalue weighted by molar-refractivity contribution is -0.207. The minimum absolute atomic E-state index is 0.124. The lowest BCUT2D eigenvalue weighted by atomic mass is 10.0. The summed E-state index contributed by atoms with van der Waals surface area (Å²) in [6, 6.07) is 14.1. The Balaban J connectivity index is 1.41. The van der Waals surface area contributed by atoms with Gasteiger partial charge in [-0.15, -0.1) is 0 Å². The average Bonchev–Trinajstić information content (AvgIpc) is 2.99. The number of piperidine rings is 1. The summed E-state index contributed by atoms with van der Waals surface area (Å²) in [6.45, 7) is 2.26. The van der Waals surface area contributed by atoms with E-state index in [0.717, 1.165) is 25.5 Å². The molecule has 1 fully saturated rings. The largest absolute Gasteiger partial charge is 0.465 e. The molecular formula is C30H31F3N6O4. The Hall–Kier alpha value is -4.65. The molecule has 10 nitrogen and oxygen atoms in total. The van der Waals surface area contributed by atoms with Gasteiger partial charge in [0.25, 0.3) is 0 Å². The van der Waals surface area contributed by atoms with E-state index >= 15 is 0 Å². The molecule has 5 rings (SSSR count). The first-order chi connectivity index (χ1) is 20.6. The third-order valence-electron chi connectivity index (χ3n) is 7.26. The fourth-order valence-electron chi connectivity index (χ4n) is 5.06. The number of likely N-dealkylation sites (tertiary alicyclic amines) is 1. The van der Waals surface area contributed by atoms with Gasteiger partial charge in [-0.05, 0) is 49.6 Å². The number of hydrogen-bond donors (Lipinski definition) is 3. The Morgan fingerprint density at radius 2 is 1.95 bits per heavy atom. The van der Waals surface area contributed by atoms with Gasteiger partial charge in [0.2, 0.25) is 11.8 Å². The van der Waals surface area contributed by atoms with Crippen LogP contribution in [-0.4, -0.2) is 76.1 Å². The molecule has 0 bridgehead atoms. The van der Waals surface area contributed by atoms with Gasteiger partial charge < -0.3 is 30.1 Å². The maximum Gasteiger partial charge on any atom is 0.416 e. The molecule has 4 aromatic rings. The van der Waals surface area contributed by atoms with Crippen molar-refractivity contribution in [1.29, 1.82) is 0 Å². The molecule has 0 spiro atoms. The number of pyridine rings is 1. The van der Waals surface area contributed by atoms with Gasteiger partial charge in [0, 0.05) is 55.1 Å². The molecule has 0 radical (unpaired) electrons. The molecule has 1 aliphatic rings. The lowest BCUT2D eigenvalue weighted by Crippen LogP contribution is -2.44. The van der Waals surface area contributed by atoms with Crippen LogP contribution in [0.2, 0.25) is 0 Å². The molecule has 2 aromatic heterocycles. The Labute approximate surface area is 245 Å². The molecule has 3 heterocycles. The third kappa shape index (κ3) is 6.88. The highest BCUT2D eigenvalue weighted by atomic mass is 19.4. The standard InChI is InChI=1S/C30H31F3N6O4/c1-18-10-11-20-21(7-3-9-23(20)36-16-25(42-2)30(31,32)33)26(18)43-27-22(8-4-13-34-27)24-12-14-35-28(38-24)37-19-6-5-15-39(17-19)29(40)41/h3-4,7-14,19,25,36H,5-6,15-17H2,1-2H3,(H,40,41)(H,35,37,38)/t19-,25-/m0/s1. The van der Waals surface area contributed by atoms with Gasteiger partial charge in [0.05, 0.1) is 17.8 Å². The number of ether oxygens (including phenoxy) is 2. The van der Waals surface area contributed by atoms with E-state index in [-0.39, 0.29) is 11.9 Å². The average molecular weight is 597 g/mol. The van der Waals surface area contributed by atoms with Gasteiger partial charge in [-0.3, -0.25) is 0 Å². The molecule has 1 saturated heterocycles. The van der Waals surface area contributed by atoms with Crippen LogP contribution in [0, 0.1) is 6.92 Å². The van der Waals surface area contributed by atoms with Gasteiger partial charge >= 0.3 is 12.3 Å². The summed E-state index contributed by atoms with van der Waals surface area (Å²) >= 11 is 0. The maximum absolute atomic E-state index is 13.2. The summed E-state index contributed by atoms with van der Waals surface area (Å²) in [4.78, 5) is 26.2. The number of methoxy groups -OCH3 is 1. The van der Waals surface area contributed by atoms with Crippen LogP contribution in [0.25, 0.3) is 22.0 Å². The van der Waals surface area contributed by atoms with Crippen LogP contribution in [0.15, 0.2) is 60.9 Å². The van der Waals surface area contributed by atoms with Crippen molar-refractivity contribution in [1.82, 2.24) is 19.9 Å². The number of rotatable bonds is 9. The van der Waals surface area contributed by atoms with E-state index in [1.165, 1.54) is 4.90 Å². The SMILES string of the molecule is CO[C@@H](CNc1cccc2c(Oc3ncccc3-c3ccnc(N[C@H]4CCCN(C(=O)O)C4)n3)c(C)ccc12)C(F)(F)F. The molecule has 0 aliphatic carbocycles. The van der Waals surface area contributed by atoms with Crippen molar-refractivity contribution in [3.05, 3.63) is 66.5 Å². The summed E-state index contributed by atoms with van der Waals surface area (Å²) in [7, 11) is 1.03. The second-order valence-electron chi connectivity index (χ2n) is 10.2. The van der Waals surface area contributed by atoms with Crippen LogP contribution < -0.4 is 15.4 Å². The van der Waals surface area contributed by atoms with Crippen molar-refractivity contribution >= 4 is 28.5 Å². The van der Waals surface area contributed by atoms with E-state index in [4.69, 9.17) is 4.74 Å². The van der Waals surface area contributed by atoms with Crippen LogP contribution in [0.5, 0.6) is 11.6 Å². The molecule has 226 valence electrons. The normalized spacial score (nSPS) is 16.1. The van der Waals surface area contributed by atoms with Gasteiger partial charge in [0.15, 0.2) is 6.10 Å². The number of nitrogens with one attached hydrogen (secondary N) is 2. The quantitative estimate of drug-likeness (QED) is 0.203. The van der Waals surface area contributed by atoms with E-state index in [0.29, 0.717) is 52.5 Å². The monoisotopic (exact) mass is 596 g/mol. The summed E-state index contributed by atoms with van der Waals surface area (Å²) in [6.07, 6.45) is -2.68. The molecule has 1 amide bonds. The number of fused-ring (bicyclic) bond motifs is 1. The molecule has 43 heavy (non-hydrogen) atoms. The number of carboxylic acid groups (broad SMARTS) is 1.